The molecular formula is C21H34O5. The third kappa shape index (κ3) is 6.44. The van der Waals surface area contributed by atoms with Gasteiger partial charge in [0.15, 0.2) is 0 Å². The lowest BCUT2D eigenvalue weighted by Crippen LogP contribution is -2.28. The Hall–Kier alpha value is -1.33. The highest BCUT2D eigenvalue weighted by molar-refractivity contribution is 5.62. The first-order valence-corrected chi connectivity index (χ1v) is 10.1. The molecule has 0 spiro atoms. The highest BCUT2D eigenvalue weighted by Gasteiger charge is 2.49. The number of aliphatic hydroxyl groups excluding tert-OH is 2. The maximum atomic E-state index is 11.6. The number of ether oxygens (including phenoxy) is 2. The summed E-state index contributed by atoms with van der Waals surface area (Å²) in [6, 6.07) is 0. The van der Waals surface area contributed by atoms with Crippen molar-refractivity contribution < 1.29 is 24.5 Å². The van der Waals surface area contributed by atoms with Gasteiger partial charge in [-0.3, -0.25) is 0 Å². The molecule has 0 aromatic carbocycles. The second-order valence-corrected chi connectivity index (χ2v) is 7.41. The van der Waals surface area contributed by atoms with E-state index in [9.17, 15) is 9.90 Å². The molecule has 2 rings (SSSR count). The number of carbonyl (C=O) groups is 1. The number of fused-ring (bicyclic) bond motifs is 2. The van der Waals surface area contributed by atoms with Crippen molar-refractivity contribution >= 4 is 6.16 Å². The standard InChI is InChI=1S/C21H34O5/c1-2-3-7-10-16(23)12-13-18-17(11-8-5-4-6-9-14-22)19-15-20(18)26-21(24)25-19/h5,8,12-13,16-20,22-23H,2-4,6-7,9-11,14-15H2,1H3/t16-,17+,18+,19-,20-/m0/s1. The van der Waals surface area contributed by atoms with E-state index < -0.39 is 12.3 Å². The van der Waals surface area contributed by atoms with Crippen LogP contribution < -0.4 is 0 Å². The first-order valence-electron chi connectivity index (χ1n) is 10.1. The van der Waals surface area contributed by atoms with Crippen molar-refractivity contribution in [2.75, 3.05) is 6.61 Å². The number of hydrogen-bond acceptors (Lipinski definition) is 5. The molecule has 148 valence electrons. The molecule has 0 amide bonds. The number of rotatable bonds is 12. The van der Waals surface area contributed by atoms with Crippen LogP contribution >= 0.6 is 0 Å². The van der Waals surface area contributed by atoms with Gasteiger partial charge in [-0.2, -0.15) is 0 Å². The summed E-state index contributed by atoms with van der Waals surface area (Å²) in [5.74, 6) is 0.286. The van der Waals surface area contributed by atoms with E-state index in [4.69, 9.17) is 14.6 Å². The summed E-state index contributed by atoms with van der Waals surface area (Å²) in [4.78, 5) is 11.6. The van der Waals surface area contributed by atoms with E-state index in [1.165, 1.54) is 0 Å². The van der Waals surface area contributed by atoms with E-state index in [0.717, 1.165) is 57.8 Å². The smallest absolute Gasteiger partial charge is 0.430 e. The second-order valence-electron chi connectivity index (χ2n) is 7.41. The zero-order valence-corrected chi connectivity index (χ0v) is 15.9. The summed E-state index contributed by atoms with van der Waals surface area (Å²) < 4.78 is 10.7. The molecule has 5 heteroatoms. The van der Waals surface area contributed by atoms with Gasteiger partial charge < -0.3 is 19.7 Å². The summed E-state index contributed by atoms with van der Waals surface area (Å²) in [6.07, 6.45) is 15.3. The Bertz CT molecular complexity index is 473. The summed E-state index contributed by atoms with van der Waals surface area (Å²) >= 11 is 0. The number of hydrogen-bond donors (Lipinski definition) is 2. The molecule has 0 aromatic heterocycles. The van der Waals surface area contributed by atoms with E-state index in [1.807, 2.05) is 12.2 Å². The lowest BCUT2D eigenvalue weighted by Gasteiger charge is -2.20. The number of allylic oxidation sites excluding steroid dienone is 2. The highest BCUT2D eigenvalue weighted by atomic mass is 16.7. The zero-order chi connectivity index (χ0) is 18.8. The first kappa shape index (κ1) is 21.0. The Morgan fingerprint density at radius 1 is 1.15 bits per heavy atom. The number of unbranched alkanes of at least 4 members (excludes halogenated alkanes) is 4. The summed E-state index contributed by atoms with van der Waals surface area (Å²) in [5, 5.41) is 19.0. The molecule has 2 aliphatic rings. The Morgan fingerprint density at radius 2 is 1.96 bits per heavy atom. The van der Waals surface area contributed by atoms with Gasteiger partial charge in [0, 0.05) is 24.9 Å². The Labute approximate surface area is 157 Å². The average Bonchev–Trinajstić information content (AvgIpc) is 2.86. The van der Waals surface area contributed by atoms with Gasteiger partial charge in [0.25, 0.3) is 0 Å². The van der Waals surface area contributed by atoms with Crippen molar-refractivity contribution in [2.45, 2.75) is 83.0 Å². The zero-order valence-electron chi connectivity index (χ0n) is 15.9. The van der Waals surface area contributed by atoms with E-state index in [-0.39, 0.29) is 30.7 Å². The predicted molar refractivity (Wildman–Crippen MR) is 101 cm³/mol. The molecule has 1 saturated heterocycles. The van der Waals surface area contributed by atoms with Gasteiger partial charge in [0.05, 0.1) is 6.10 Å². The molecule has 2 bridgehead atoms. The van der Waals surface area contributed by atoms with Crippen molar-refractivity contribution in [3.8, 4) is 0 Å². The van der Waals surface area contributed by atoms with Crippen LogP contribution in [0.4, 0.5) is 4.79 Å². The van der Waals surface area contributed by atoms with Crippen LogP contribution in [-0.2, 0) is 9.47 Å². The highest BCUT2D eigenvalue weighted by Crippen LogP contribution is 2.43. The Morgan fingerprint density at radius 3 is 2.73 bits per heavy atom. The van der Waals surface area contributed by atoms with E-state index in [0.29, 0.717) is 0 Å². The molecule has 1 aliphatic carbocycles. The molecule has 26 heavy (non-hydrogen) atoms. The van der Waals surface area contributed by atoms with Crippen LogP contribution in [0.1, 0.15) is 64.7 Å². The lowest BCUT2D eigenvalue weighted by molar-refractivity contribution is -0.0346. The molecule has 2 N–H and O–H groups in total. The SMILES string of the molecule is CCCCC[C@H](O)C=C[C@@H]1[C@@H](CC=CCCCCO)[C@@H]2C[C@@H]1OC(=O)O2. The molecule has 2 fully saturated rings. The lowest BCUT2D eigenvalue weighted by atomic mass is 9.89. The Kier molecular flexibility index (Phi) is 9.19. The molecule has 1 aliphatic heterocycles. The van der Waals surface area contributed by atoms with Crippen LogP contribution in [0.25, 0.3) is 0 Å². The molecule has 1 heterocycles. The van der Waals surface area contributed by atoms with Crippen molar-refractivity contribution in [1.29, 1.82) is 0 Å². The van der Waals surface area contributed by atoms with Gasteiger partial charge in [0.1, 0.15) is 12.2 Å². The minimum absolute atomic E-state index is 0.0920. The van der Waals surface area contributed by atoms with Crippen LogP contribution in [-0.4, -0.2) is 41.3 Å². The fourth-order valence-electron chi connectivity index (χ4n) is 3.90. The van der Waals surface area contributed by atoms with Crippen LogP contribution in [0, 0.1) is 11.8 Å². The largest absolute Gasteiger partial charge is 0.508 e. The van der Waals surface area contributed by atoms with Gasteiger partial charge in [-0.25, -0.2) is 4.79 Å². The normalized spacial score (nSPS) is 29.3. The average molecular weight is 366 g/mol. The number of aliphatic hydroxyl groups is 2. The fourth-order valence-corrected chi connectivity index (χ4v) is 3.90. The second kappa shape index (κ2) is 11.4. The van der Waals surface area contributed by atoms with E-state index >= 15 is 0 Å². The van der Waals surface area contributed by atoms with Gasteiger partial charge in [-0.1, -0.05) is 50.5 Å². The molecule has 1 saturated carbocycles. The van der Waals surface area contributed by atoms with Gasteiger partial charge >= 0.3 is 6.16 Å². The van der Waals surface area contributed by atoms with Gasteiger partial charge in [-0.15, -0.1) is 0 Å². The van der Waals surface area contributed by atoms with Crippen molar-refractivity contribution in [3.05, 3.63) is 24.3 Å². The summed E-state index contributed by atoms with van der Waals surface area (Å²) in [7, 11) is 0. The summed E-state index contributed by atoms with van der Waals surface area (Å²) in [5.41, 5.74) is 0. The fraction of sp³-hybridized carbons (Fsp3) is 0.762. The third-order valence-electron chi connectivity index (χ3n) is 5.37. The Balaban J connectivity index is 1.91. The first-order chi connectivity index (χ1) is 12.7. The van der Waals surface area contributed by atoms with Crippen LogP contribution in [0.2, 0.25) is 0 Å². The quantitative estimate of drug-likeness (QED) is 0.308. The van der Waals surface area contributed by atoms with Crippen molar-refractivity contribution in [3.63, 3.8) is 0 Å². The van der Waals surface area contributed by atoms with Crippen molar-refractivity contribution in [2.24, 2.45) is 11.8 Å². The van der Waals surface area contributed by atoms with Crippen LogP contribution in [0.15, 0.2) is 24.3 Å². The third-order valence-corrected chi connectivity index (χ3v) is 5.37. The molecule has 5 atom stereocenters. The summed E-state index contributed by atoms with van der Waals surface area (Å²) in [6.45, 7) is 2.39. The monoisotopic (exact) mass is 366 g/mol. The topological polar surface area (TPSA) is 76.0 Å². The predicted octanol–water partition coefficient (Wildman–Crippen LogP) is 4.13. The maximum Gasteiger partial charge on any atom is 0.508 e. The van der Waals surface area contributed by atoms with E-state index in [1.54, 1.807) is 0 Å². The van der Waals surface area contributed by atoms with E-state index in [2.05, 4.69) is 19.1 Å². The molecule has 5 nitrogen and oxygen atoms in total. The molecule has 0 aromatic rings. The minimum Gasteiger partial charge on any atom is -0.430 e. The van der Waals surface area contributed by atoms with Gasteiger partial charge in [0.2, 0.25) is 0 Å². The molecule has 0 radical (unpaired) electrons. The van der Waals surface area contributed by atoms with Crippen LogP contribution in [0.5, 0.6) is 0 Å². The number of carbonyl (C=O) groups excluding carboxylic acids is 1. The minimum atomic E-state index is -0.567. The van der Waals surface area contributed by atoms with Crippen LogP contribution in [0.3, 0.4) is 0 Å². The molecular weight excluding hydrogens is 332 g/mol. The van der Waals surface area contributed by atoms with Crippen molar-refractivity contribution in [1.82, 2.24) is 0 Å². The maximum absolute atomic E-state index is 11.6. The molecule has 0 unspecified atom stereocenters. The van der Waals surface area contributed by atoms with Gasteiger partial charge in [-0.05, 0) is 32.1 Å².